The maximum Gasteiger partial charge on any atom is 2.00 e. The van der Waals surface area contributed by atoms with Crippen LogP contribution in [-0.2, 0) is 26.2 Å². The van der Waals surface area contributed by atoms with Gasteiger partial charge in [-0.1, -0.05) is 88.1 Å². The zero-order chi connectivity index (χ0) is 13.6. The summed E-state index contributed by atoms with van der Waals surface area (Å²) in [5, 5.41) is 0. The Bertz CT molecular complexity index is 346. The molecule has 0 N–H and O–H groups in total. The van der Waals surface area contributed by atoms with Crippen molar-refractivity contribution in [3.63, 3.8) is 0 Å². The van der Waals surface area contributed by atoms with Crippen molar-refractivity contribution in [1.82, 2.24) is 0 Å². The van der Waals surface area contributed by atoms with E-state index in [1.54, 1.807) is 0 Å². The normalized spacial score (nSPS) is 18.6. The quantitative estimate of drug-likeness (QED) is 0.520. The third-order valence-corrected chi connectivity index (χ3v) is 4.58. The van der Waals surface area contributed by atoms with Crippen LogP contribution in [0.2, 0.25) is 0 Å². The number of hydrogen-bond acceptors (Lipinski definition) is 0. The fraction of sp³-hybridized carbons (Fsp3) is 0.579. The Kier molecular flexibility index (Phi) is 13.3. The minimum atomic E-state index is 0. The van der Waals surface area contributed by atoms with Crippen molar-refractivity contribution in [3.05, 3.63) is 48.6 Å². The van der Waals surface area contributed by atoms with Gasteiger partial charge >= 0.3 is 26.2 Å². The van der Waals surface area contributed by atoms with Gasteiger partial charge in [-0.2, -0.15) is 0 Å². The zero-order valence-corrected chi connectivity index (χ0v) is 17.8. The summed E-state index contributed by atoms with van der Waals surface area (Å²) in [5.41, 5.74) is 0.617. The largest absolute Gasteiger partial charge is 2.00 e. The summed E-state index contributed by atoms with van der Waals surface area (Å²) in [6.07, 6.45) is 27.8. The second kappa shape index (κ2) is 11.9. The van der Waals surface area contributed by atoms with E-state index in [-0.39, 0.29) is 51.0 Å². The van der Waals surface area contributed by atoms with Gasteiger partial charge in [0.05, 0.1) is 0 Å². The first-order valence-electron chi connectivity index (χ1n) is 7.98. The van der Waals surface area contributed by atoms with E-state index in [1.165, 1.54) is 44.9 Å². The Balaban J connectivity index is 0. The average molecular weight is 419 g/mol. The van der Waals surface area contributed by atoms with Crippen LogP contribution in [0.4, 0.5) is 0 Å². The predicted octanol–water partition coefficient (Wildman–Crippen LogP) is -0.0128. The molecule has 122 valence electrons. The molecule has 22 heavy (non-hydrogen) atoms. The molecule has 0 radical (unpaired) electrons. The molecule has 0 bridgehead atoms. The molecular formula is C19H28Cl2Zr. The molecule has 2 aliphatic rings. The summed E-state index contributed by atoms with van der Waals surface area (Å²) in [6.45, 7) is 4.58. The van der Waals surface area contributed by atoms with Crippen molar-refractivity contribution in [2.75, 3.05) is 0 Å². The molecule has 0 saturated carbocycles. The molecule has 0 unspecified atom stereocenters. The molecule has 0 saturated heterocycles. The minimum Gasteiger partial charge on any atom is -1.00 e. The standard InChI is InChI=1S/C19H28.2ClH.Zr/c1-3-5-11-18(13-7-8-14-18)17-19(12-6-4-2)15-9-10-16-19;;;/h7-10,13-16H,3-6,11-12,17H2,1-2H3;2*1H;/q;;;+2/p-2. The van der Waals surface area contributed by atoms with Crippen molar-refractivity contribution < 1.29 is 51.0 Å². The van der Waals surface area contributed by atoms with Gasteiger partial charge in [-0.15, -0.1) is 0 Å². The molecule has 0 spiro atoms. The van der Waals surface area contributed by atoms with E-state index < -0.39 is 0 Å². The summed E-state index contributed by atoms with van der Waals surface area (Å²) in [4.78, 5) is 0. The van der Waals surface area contributed by atoms with E-state index >= 15 is 0 Å². The van der Waals surface area contributed by atoms with E-state index in [0.29, 0.717) is 10.8 Å². The Labute approximate surface area is 168 Å². The number of hydrogen-bond donors (Lipinski definition) is 0. The van der Waals surface area contributed by atoms with Crippen LogP contribution < -0.4 is 24.8 Å². The fourth-order valence-corrected chi connectivity index (χ4v) is 3.47. The Morgan fingerprint density at radius 2 is 0.955 bits per heavy atom. The third-order valence-electron chi connectivity index (χ3n) is 4.58. The molecule has 0 aromatic heterocycles. The number of rotatable bonds is 8. The number of halogens is 2. The predicted molar refractivity (Wildman–Crippen MR) is 85.1 cm³/mol. The maximum atomic E-state index is 2.44. The van der Waals surface area contributed by atoms with Crippen LogP contribution in [0.15, 0.2) is 48.6 Å². The molecule has 0 amide bonds. The molecule has 0 nitrogen and oxygen atoms in total. The molecule has 3 heteroatoms. The summed E-state index contributed by atoms with van der Waals surface area (Å²) >= 11 is 0. The van der Waals surface area contributed by atoms with Gasteiger partial charge < -0.3 is 24.8 Å². The Morgan fingerprint density at radius 1 is 0.636 bits per heavy atom. The van der Waals surface area contributed by atoms with Gasteiger partial charge in [0.2, 0.25) is 0 Å². The van der Waals surface area contributed by atoms with E-state index in [4.69, 9.17) is 0 Å². The first kappa shape index (κ1) is 24.7. The second-order valence-corrected chi connectivity index (χ2v) is 6.29. The van der Waals surface area contributed by atoms with E-state index in [1.807, 2.05) is 0 Å². The van der Waals surface area contributed by atoms with E-state index in [0.717, 1.165) is 0 Å². The van der Waals surface area contributed by atoms with Crippen LogP contribution >= 0.6 is 0 Å². The SMILES string of the molecule is CCCCC1(CC2(CCCC)C=CC=C2)C=CC=C1.[Cl-].[Cl-].[Zr+2]. The van der Waals surface area contributed by atoms with Gasteiger partial charge in [0.1, 0.15) is 0 Å². The van der Waals surface area contributed by atoms with Crippen molar-refractivity contribution in [2.24, 2.45) is 10.8 Å². The summed E-state index contributed by atoms with van der Waals surface area (Å²) in [7, 11) is 0. The van der Waals surface area contributed by atoms with Gasteiger partial charge in [-0.3, -0.25) is 0 Å². The first-order valence-corrected chi connectivity index (χ1v) is 7.98. The topological polar surface area (TPSA) is 0 Å². The van der Waals surface area contributed by atoms with Gasteiger partial charge in [-0.05, 0) is 19.3 Å². The van der Waals surface area contributed by atoms with Crippen molar-refractivity contribution in [3.8, 4) is 0 Å². The van der Waals surface area contributed by atoms with Crippen LogP contribution in [0, 0.1) is 10.8 Å². The molecule has 0 fully saturated rings. The van der Waals surface area contributed by atoms with Crippen LogP contribution in [0.25, 0.3) is 0 Å². The van der Waals surface area contributed by atoms with Gasteiger partial charge in [0.15, 0.2) is 0 Å². The monoisotopic (exact) mass is 416 g/mol. The molecule has 0 heterocycles. The molecule has 0 atom stereocenters. The molecule has 0 aromatic carbocycles. The van der Waals surface area contributed by atoms with Crippen LogP contribution in [0.3, 0.4) is 0 Å². The van der Waals surface area contributed by atoms with E-state index in [2.05, 4.69) is 62.5 Å². The third kappa shape index (κ3) is 6.50. The minimum absolute atomic E-state index is 0. The van der Waals surface area contributed by atoms with Gasteiger partial charge in [0, 0.05) is 10.8 Å². The molecule has 0 aromatic rings. The number of allylic oxidation sites excluding steroid dienone is 8. The maximum absolute atomic E-state index is 2.44. The van der Waals surface area contributed by atoms with Crippen molar-refractivity contribution in [2.45, 2.75) is 58.8 Å². The fourth-order valence-electron chi connectivity index (χ4n) is 3.47. The van der Waals surface area contributed by atoms with Crippen LogP contribution in [0.5, 0.6) is 0 Å². The molecule has 2 rings (SSSR count). The number of unbranched alkanes of at least 4 members (excludes halogenated alkanes) is 2. The molecule has 2 aliphatic carbocycles. The van der Waals surface area contributed by atoms with Crippen LogP contribution in [0.1, 0.15) is 58.8 Å². The smallest absolute Gasteiger partial charge is 1.00 e. The Morgan fingerprint density at radius 3 is 1.23 bits per heavy atom. The summed E-state index contributed by atoms with van der Waals surface area (Å²) < 4.78 is 0. The Hall–Kier alpha value is 0.423. The van der Waals surface area contributed by atoms with Gasteiger partial charge in [0.25, 0.3) is 0 Å². The second-order valence-electron chi connectivity index (χ2n) is 6.29. The van der Waals surface area contributed by atoms with Crippen molar-refractivity contribution in [1.29, 1.82) is 0 Å². The zero-order valence-electron chi connectivity index (χ0n) is 13.8. The average Bonchev–Trinajstić information content (AvgIpc) is 3.05. The molecular weight excluding hydrogens is 390 g/mol. The van der Waals surface area contributed by atoms with Gasteiger partial charge in [-0.25, -0.2) is 0 Å². The first-order chi connectivity index (χ1) is 9.24. The van der Waals surface area contributed by atoms with Crippen LogP contribution in [-0.4, -0.2) is 0 Å². The summed E-state index contributed by atoms with van der Waals surface area (Å²) in [5.74, 6) is 0. The molecule has 0 aliphatic heterocycles. The van der Waals surface area contributed by atoms with E-state index in [9.17, 15) is 0 Å². The summed E-state index contributed by atoms with van der Waals surface area (Å²) in [6, 6.07) is 0. The van der Waals surface area contributed by atoms with Crippen molar-refractivity contribution >= 4 is 0 Å².